The number of hydrogen-bond acceptors (Lipinski definition) is 4. The molecule has 5 heteroatoms. The minimum Gasteiger partial charge on any atom is -0.388 e. The number of fused-ring (bicyclic) bond motifs is 1. The molecule has 1 unspecified atom stereocenters. The van der Waals surface area contributed by atoms with Crippen LogP contribution in [0.3, 0.4) is 0 Å². The van der Waals surface area contributed by atoms with Gasteiger partial charge in [-0.05, 0) is 79.7 Å². The Hall–Kier alpha value is -1.43. The number of methoxy groups -OCH3 is 1. The quantitative estimate of drug-likeness (QED) is 0.723. The number of ether oxygens (including phenoxy) is 1. The molecule has 1 amide bonds. The van der Waals surface area contributed by atoms with Gasteiger partial charge in [0.05, 0.1) is 18.2 Å². The van der Waals surface area contributed by atoms with Gasteiger partial charge in [0.25, 0.3) is 0 Å². The predicted molar refractivity (Wildman–Crippen MR) is 116 cm³/mol. The summed E-state index contributed by atoms with van der Waals surface area (Å²) in [5.41, 5.74) is 1.99. The van der Waals surface area contributed by atoms with Crippen LogP contribution in [0.1, 0.15) is 55.7 Å². The molecule has 4 fully saturated rings. The molecule has 1 aromatic rings. The first-order valence-electron chi connectivity index (χ1n) is 11.9. The van der Waals surface area contributed by atoms with E-state index in [9.17, 15) is 9.90 Å². The zero-order chi connectivity index (χ0) is 20.7. The first-order valence-corrected chi connectivity index (χ1v) is 11.9. The summed E-state index contributed by atoms with van der Waals surface area (Å²) in [4.78, 5) is 15.2. The number of carbonyl (C=O) groups is 1. The third kappa shape index (κ3) is 3.59. The molecule has 4 bridgehead atoms. The van der Waals surface area contributed by atoms with Crippen LogP contribution in [0.15, 0.2) is 24.3 Å². The maximum atomic E-state index is 13.2. The van der Waals surface area contributed by atoms with Gasteiger partial charge in [-0.3, -0.25) is 4.79 Å². The Morgan fingerprint density at radius 2 is 1.87 bits per heavy atom. The average molecular weight is 413 g/mol. The molecule has 4 saturated carbocycles. The molecule has 0 spiro atoms. The number of carbonyl (C=O) groups excluding carboxylic acids is 1. The molecule has 4 aliphatic carbocycles. The SMILES string of the molecule is COCCC1c2ccccc2CCN1C(=O)CNCC1(O)C2CC3CC(C2)CC1C3. The molecule has 0 saturated heterocycles. The van der Waals surface area contributed by atoms with Gasteiger partial charge in [0.15, 0.2) is 0 Å². The number of aliphatic hydroxyl groups is 1. The van der Waals surface area contributed by atoms with E-state index in [1.807, 2.05) is 4.90 Å². The monoisotopic (exact) mass is 412 g/mol. The van der Waals surface area contributed by atoms with E-state index in [4.69, 9.17) is 4.74 Å². The highest BCUT2D eigenvalue weighted by molar-refractivity contribution is 5.79. The van der Waals surface area contributed by atoms with Crippen LogP contribution >= 0.6 is 0 Å². The van der Waals surface area contributed by atoms with Crippen molar-refractivity contribution in [1.82, 2.24) is 10.2 Å². The van der Waals surface area contributed by atoms with Crippen LogP contribution in [0.4, 0.5) is 0 Å². The molecule has 30 heavy (non-hydrogen) atoms. The van der Waals surface area contributed by atoms with E-state index >= 15 is 0 Å². The van der Waals surface area contributed by atoms with E-state index < -0.39 is 5.60 Å². The van der Waals surface area contributed by atoms with E-state index in [1.165, 1.54) is 43.2 Å². The van der Waals surface area contributed by atoms with Crippen LogP contribution in [0.25, 0.3) is 0 Å². The highest BCUT2D eigenvalue weighted by Gasteiger charge is 2.56. The summed E-state index contributed by atoms with van der Waals surface area (Å²) >= 11 is 0. The molecule has 164 valence electrons. The maximum Gasteiger partial charge on any atom is 0.237 e. The summed E-state index contributed by atoms with van der Waals surface area (Å²) in [6, 6.07) is 8.55. The summed E-state index contributed by atoms with van der Waals surface area (Å²) in [6.07, 6.45) is 7.83. The highest BCUT2D eigenvalue weighted by Crippen LogP contribution is 2.58. The van der Waals surface area contributed by atoms with Gasteiger partial charge >= 0.3 is 0 Å². The van der Waals surface area contributed by atoms with Crippen LogP contribution in [-0.4, -0.2) is 54.9 Å². The fourth-order valence-corrected chi connectivity index (χ4v) is 7.25. The van der Waals surface area contributed by atoms with E-state index in [2.05, 4.69) is 29.6 Å². The van der Waals surface area contributed by atoms with Crippen LogP contribution in [-0.2, 0) is 16.0 Å². The molecule has 2 N–H and O–H groups in total. The Labute approximate surface area is 180 Å². The zero-order valence-corrected chi connectivity index (χ0v) is 18.2. The normalized spacial score (nSPS) is 36.7. The summed E-state index contributed by atoms with van der Waals surface area (Å²) in [5.74, 6) is 2.66. The molecule has 6 rings (SSSR count). The van der Waals surface area contributed by atoms with E-state index in [0.29, 0.717) is 31.5 Å². The smallest absolute Gasteiger partial charge is 0.237 e. The summed E-state index contributed by atoms with van der Waals surface area (Å²) in [5, 5.41) is 14.9. The van der Waals surface area contributed by atoms with Gasteiger partial charge in [-0.15, -0.1) is 0 Å². The molecule has 1 atom stereocenters. The Kier molecular flexibility index (Phi) is 5.63. The molecule has 0 aromatic heterocycles. The van der Waals surface area contributed by atoms with Crippen molar-refractivity contribution < 1.29 is 14.6 Å². The van der Waals surface area contributed by atoms with Gasteiger partial charge in [-0.25, -0.2) is 0 Å². The third-order valence-corrected chi connectivity index (χ3v) is 8.56. The van der Waals surface area contributed by atoms with Crippen molar-refractivity contribution in [2.24, 2.45) is 23.7 Å². The largest absolute Gasteiger partial charge is 0.388 e. The fraction of sp³-hybridized carbons (Fsp3) is 0.720. The van der Waals surface area contributed by atoms with Crippen molar-refractivity contribution in [3.8, 4) is 0 Å². The summed E-state index contributed by atoms with van der Waals surface area (Å²) < 4.78 is 5.33. The van der Waals surface area contributed by atoms with Crippen molar-refractivity contribution >= 4 is 5.91 Å². The highest BCUT2D eigenvalue weighted by atomic mass is 16.5. The Morgan fingerprint density at radius 1 is 1.17 bits per heavy atom. The van der Waals surface area contributed by atoms with E-state index in [0.717, 1.165) is 31.2 Å². The first-order chi connectivity index (χ1) is 14.6. The molecule has 5 nitrogen and oxygen atoms in total. The van der Waals surface area contributed by atoms with Gasteiger partial charge in [-0.2, -0.15) is 0 Å². The molecule has 1 heterocycles. The Morgan fingerprint density at radius 3 is 2.57 bits per heavy atom. The Balaban J connectivity index is 1.22. The summed E-state index contributed by atoms with van der Waals surface area (Å²) in [6.45, 7) is 2.26. The second kappa shape index (κ2) is 8.25. The standard InChI is InChI=1S/C25H36N2O3/c1-30-9-7-23-22-5-3-2-4-19(22)6-8-27(23)24(28)15-26-16-25(29)20-11-17-10-18(13-20)14-21(25)12-17/h2-5,17-18,20-21,23,26,29H,6-16H2,1H3. The molecule has 1 aliphatic heterocycles. The zero-order valence-electron chi connectivity index (χ0n) is 18.2. The molecule has 5 aliphatic rings. The van der Waals surface area contributed by atoms with Gasteiger partial charge in [0.2, 0.25) is 5.91 Å². The van der Waals surface area contributed by atoms with Crippen LogP contribution < -0.4 is 5.32 Å². The van der Waals surface area contributed by atoms with Crippen LogP contribution in [0.5, 0.6) is 0 Å². The number of nitrogens with zero attached hydrogens (tertiary/aromatic N) is 1. The van der Waals surface area contributed by atoms with Crippen LogP contribution in [0.2, 0.25) is 0 Å². The lowest BCUT2D eigenvalue weighted by molar-refractivity contribution is -0.170. The average Bonchev–Trinajstić information content (AvgIpc) is 2.75. The van der Waals surface area contributed by atoms with E-state index in [1.54, 1.807) is 7.11 Å². The molecular formula is C25H36N2O3. The van der Waals surface area contributed by atoms with Crippen molar-refractivity contribution in [3.05, 3.63) is 35.4 Å². The minimum absolute atomic E-state index is 0.0773. The van der Waals surface area contributed by atoms with Gasteiger partial charge in [0, 0.05) is 26.8 Å². The first kappa shape index (κ1) is 20.5. The maximum absolute atomic E-state index is 13.2. The predicted octanol–water partition coefficient (Wildman–Crippen LogP) is 2.93. The van der Waals surface area contributed by atoms with Crippen molar-refractivity contribution in [3.63, 3.8) is 0 Å². The lowest BCUT2D eigenvalue weighted by atomic mass is 9.50. The number of benzene rings is 1. The minimum atomic E-state index is -0.613. The fourth-order valence-electron chi connectivity index (χ4n) is 7.25. The van der Waals surface area contributed by atoms with Crippen molar-refractivity contribution in [1.29, 1.82) is 0 Å². The van der Waals surface area contributed by atoms with E-state index in [-0.39, 0.29) is 11.9 Å². The number of nitrogens with one attached hydrogen (secondary N) is 1. The molecule has 1 aromatic carbocycles. The topological polar surface area (TPSA) is 61.8 Å². The van der Waals surface area contributed by atoms with Crippen molar-refractivity contribution in [2.75, 3.05) is 33.4 Å². The molecular weight excluding hydrogens is 376 g/mol. The van der Waals surface area contributed by atoms with Crippen molar-refractivity contribution in [2.45, 2.75) is 56.6 Å². The third-order valence-electron chi connectivity index (χ3n) is 8.56. The molecule has 0 radical (unpaired) electrons. The van der Waals surface area contributed by atoms with Gasteiger partial charge in [-0.1, -0.05) is 24.3 Å². The van der Waals surface area contributed by atoms with Gasteiger partial charge in [0.1, 0.15) is 0 Å². The van der Waals surface area contributed by atoms with Crippen LogP contribution in [0, 0.1) is 23.7 Å². The summed E-state index contributed by atoms with van der Waals surface area (Å²) in [7, 11) is 1.72. The second-order valence-corrected chi connectivity index (χ2v) is 10.2. The number of rotatable bonds is 7. The number of hydrogen-bond donors (Lipinski definition) is 2. The number of amides is 1. The van der Waals surface area contributed by atoms with Gasteiger partial charge < -0.3 is 20.1 Å². The Bertz CT molecular complexity index is 751. The lowest BCUT2D eigenvalue weighted by Crippen LogP contribution is -2.62. The lowest BCUT2D eigenvalue weighted by Gasteiger charge is -2.59. The second-order valence-electron chi connectivity index (χ2n) is 10.2.